The van der Waals surface area contributed by atoms with Crippen LogP contribution in [0.15, 0.2) is 12.1 Å². The van der Waals surface area contributed by atoms with E-state index in [1.54, 1.807) is 6.07 Å². The largest absolute Gasteiger partial charge is 0.298 e. The lowest BCUT2D eigenvalue weighted by molar-refractivity contribution is 0.112. The molecule has 0 bridgehead atoms. The van der Waals surface area contributed by atoms with Crippen LogP contribution in [0.5, 0.6) is 0 Å². The first kappa shape index (κ1) is 11.6. The summed E-state index contributed by atoms with van der Waals surface area (Å²) in [5, 5.41) is 1.22. The third kappa shape index (κ3) is 2.30. The fourth-order valence-electron chi connectivity index (χ4n) is 1.18. The van der Waals surface area contributed by atoms with Crippen molar-refractivity contribution >= 4 is 44.4 Å². The van der Waals surface area contributed by atoms with Crippen molar-refractivity contribution in [3.63, 3.8) is 0 Å². The van der Waals surface area contributed by atoms with Gasteiger partial charge in [0, 0.05) is 21.8 Å². The highest BCUT2D eigenvalue weighted by atomic mass is 79.9. The molecule has 0 unspecified atom stereocenters. The molecule has 14 heavy (non-hydrogen) atoms. The third-order valence-corrected chi connectivity index (χ3v) is 3.15. The maximum absolute atomic E-state index is 10.7. The molecule has 0 aliphatic heterocycles. The molecule has 1 rings (SSSR count). The summed E-state index contributed by atoms with van der Waals surface area (Å²) in [6.45, 7) is 0. The van der Waals surface area contributed by atoms with E-state index in [2.05, 4.69) is 31.9 Å². The summed E-state index contributed by atoms with van der Waals surface area (Å²) in [6, 6.07) is 3.48. The molecular weight excluding hydrogens is 312 g/mol. The van der Waals surface area contributed by atoms with Crippen molar-refractivity contribution in [1.82, 2.24) is 0 Å². The highest BCUT2D eigenvalue weighted by molar-refractivity contribution is 9.08. The SMILES string of the molecule is O=Cc1cc(C=O)c(CBr)cc1CBr. The zero-order valence-corrected chi connectivity index (χ0v) is 10.5. The Hall–Kier alpha value is -0.480. The lowest BCUT2D eigenvalue weighted by atomic mass is 10.0. The summed E-state index contributed by atoms with van der Waals surface area (Å²) in [4.78, 5) is 21.4. The second-order valence-corrected chi connectivity index (χ2v) is 3.87. The van der Waals surface area contributed by atoms with Crippen molar-refractivity contribution in [2.75, 3.05) is 0 Å². The first-order valence-corrected chi connectivity index (χ1v) is 6.19. The van der Waals surface area contributed by atoms with Crippen LogP contribution in [0.2, 0.25) is 0 Å². The lowest BCUT2D eigenvalue weighted by Crippen LogP contribution is -1.97. The predicted octanol–water partition coefficient (Wildman–Crippen LogP) is 3.10. The number of hydrogen-bond acceptors (Lipinski definition) is 2. The van der Waals surface area contributed by atoms with Crippen LogP contribution in [0.1, 0.15) is 31.8 Å². The lowest BCUT2D eigenvalue weighted by Gasteiger charge is -2.06. The molecular formula is C10H8Br2O2. The molecule has 0 aliphatic rings. The van der Waals surface area contributed by atoms with Crippen LogP contribution in [-0.4, -0.2) is 12.6 Å². The van der Waals surface area contributed by atoms with E-state index in [0.29, 0.717) is 21.8 Å². The van der Waals surface area contributed by atoms with Crippen molar-refractivity contribution in [1.29, 1.82) is 0 Å². The van der Waals surface area contributed by atoms with Crippen LogP contribution in [0.25, 0.3) is 0 Å². The van der Waals surface area contributed by atoms with Gasteiger partial charge in [-0.1, -0.05) is 37.9 Å². The highest BCUT2D eigenvalue weighted by Gasteiger charge is 2.07. The Balaban J connectivity index is 3.34. The molecule has 0 amide bonds. The Morgan fingerprint density at radius 3 is 1.64 bits per heavy atom. The quantitative estimate of drug-likeness (QED) is 0.631. The monoisotopic (exact) mass is 318 g/mol. The molecule has 0 aromatic heterocycles. The van der Waals surface area contributed by atoms with Crippen molar-refractivity contribution in [3.8, 4) is 0 Å². The number of halogens is 2. The number of rotatable bonds is 4. The van der Waals surface area contributed by atoms with Crippen molar-refractivity contribution < 1.29 is 9.59 Å². The minimum absolute atomic E-state index is 0.564. The molecule has 4 heteroatoms. The minimum atomic E-state index is 0.564. The first-order valence-electron chi connectivity index (χ1n) is 3.95. The van der Waals surface area contributed by atoms with E-state index >= 15 is 0 Å². The molecule has 0 saturated carbocycles. The smallest absolute Gasteiger partial charge is 0.150 e. The van der Waals surface area contributed by atoms with Gasteiger partial charge in [0.1, 0.15) is 12.6 Å². The molecule has 0 saturated heterocycles. The highest BCUT2D eigenvalue weighted by Crippen LogP contribution is 2.19. The van der Waals surface area contributed by atoms with Crippen LogP contribution >= 0.6 is 31.9 Å². The summed E-state index contributed by atoms with van der Waals surface area (Å²) in [7, 11) is 0. The Morgan fingerprint density at radius 1 is 0.929 bits per heavy atom. The van der Waals surface area contributed by atoms with E-state index in [9.17, 15) is 9.59 Å². The minimum Gasteiger partial charge on any atom is -0.298 e. The zero-order chi connectivity index (χ0) is 10.6. The van der Waals surface area contributed by atoms with Gasteiger partial charge in [-0.15, -0.1) is 0 Å². The van der Waals surface area contributed by atoms with Crippen LogP contribution in [-0.2, 0) is 10.7 Å². The second kappa shape index (κ2) is 5.41. The Labute approximate surface area is 98.9 Å². The summed E-state index contributed by atoms with van der Waals surface area (Å²) in [5.74, 6) is 0. The Bertz CT molecular complexity index is 330. The van der Waals surface area contributed by atoms with Crippen LogP contribution in [0.4, 0.5) is 0 Å². The van der Waals surface area contributed by atoms with Gasteiger partial charge in [-0.25, -0.2) is 0 Å². The number of benzene rings is 1. The van der Waals surface area contributed by atoms with E-state index in [1.165, 1.54) is 0 Å². The summed E-state index contributed by atoms with van der Waals surface area (Å²) >= 11 is 6.59. The average Bonchev–Trinajstić information content (AvgIpc) is 2.26. The molecule has 0 spiro atoms. The van der Waals surface area contributed by atoms with Crippen molar-refractivity contribution in [3.05, 3.63) is 34.4 Å². The number of carbonyl (C=O) groups excluding carboxylic acids is 2. The van der Waals surface area contributed by atoms with Gasteiger partial charge >= 0.3 is 0 Å². The number of alkyl halides is 2. The second-order valence-electron chi connectivity index (χ2n) is 2.75. The normalized spacial score (nSPS) is 9.86. The van der Waals surface area contributed by atoms with Gasteiger partial charge in [0.2, 0.25) is 0 Å². The maximum Gasteiger partial charge on any atom is 0.150 e. The van der Waals surface area contributed by atoms with Gasteiger partial charge in [0.15, 0.2) is 0 Å². The maximum atomic E-state index is 10.7. The average molecular weight is 320 g/mol. The van der Waals surface area contributed by atoms with Gasteiger partial charge in [0.05, 0.1) is 0 Å². The summed E-state index contributed by atoms with van der Waals surface area (Å²) < 4.78 is 0. The molecule has 0 N–H and O–H groups in total. The number of carbonyl (C=O) groups is 2. The molecule has 0 aliphatic carbocycles. The zero-order valence-electron chi connectivity index (χ0n) is 7.30. The van der Waals surface area contributed by atoms with Crippen LogP contribution < -0.4 is 0 Å². The van der Waals surface area contributed by atoms with E-state index in [-0.39, 0.29) is 0 Å². The van der Waals surface area contributed by atoms with E-state index in [4.69, 9.17) is 0 Å². The fourth-order valence-corrected chi connectivity index (χ4v) is 2.15. The molecule has 0 atom stereocenters. The van der Waals surface area contributed by atoms with Gasteiger partial charge in [0.25, 0.3) is 0 Å². The molecule has 0 fully saturated rings. The van der Waals surface area contributed by atoms with Gasteiger partial charge < -0.3 is 0 Å². The van der Waals surface area contributed by atoms with Crippen molar-refractivity contribution in [2.24, 2.45) is 0 Å². The summed E-state index contributed by atoms with van der Waals surface area (Å²) in [5.41, 5.74) is 2.93. The molecule has 74 valence electrons. The van der Waals surface area contributed by atoms with Gasteiger partial charge in [-0.2, -0.15) is 0 Å². The van der Waals surface area contributed by atoms with Crippen LogP contribution in [0, 0.1) is 0 Å². The standard InChI is InChI=1S/C10H8Br2O2/c11-3-7-1-8(4-12)10(6-14)2-9(7)5-13/h1-2,5-6H,3-4H2. The van der Waals surface area contributed by atoms with Crippen molar-refractivity contribution in [2.45, 2.75) is 10.7 Å². The number of aldehydes is 2. The van der Waals surface area contributed by atoms with E-state index in [1.807, 2.05) is 6.07 Å². The predicted molar refractivity (Wildman–Crippen MR) is 62.5 cm³/mol. The molecule has 0 radical (unpaired) electrons. The van der Waals surface area contributed by atoms with Gasteiger partial charge in [-0.05, 0) is 17.2 Å². The molecule has 1 aromatic carbocycles. The van der Waals surface area contributed by atoms with Crippen LogP contribution in [0.3, 0.4) is 0 Å². The number of hydrogen-bond donors (Lipinski definition) is 0. The summed E-state index contributed by atoms with van der Waals surface area (Å²) in [6.07, 6.45) is 1.53. The molecule has 1 aromatic rings. The van der Waals surface area contributed by atoms with E-state index < -0.39 is 0 Å². The van der Waals surface area contributed by atoms with E-state index in [0.717, 1.165) is 23.7 Å². The first-order chi connectivity index (χ1) is 6.76. The topological polar surface area (TPSA) is 34.1 Å². The van der Waals surface area contributed by atoms with Gasteiger partial charge in [-0.3, -0.25) is 9.59 Å². The molecule has 2 nitrogen and oxygen atoms in total. The molecule has 0 heterocycles. The third-order valence-electron chi connectivity index (χ3n) is 1.94. The Morgan fingerprint density at radius 2 is 1.36 bits per heavy atom. The Kier molecular flexibility index (Phi) is 4.48. The fraction of sp³-hybridized carbons (Fsp3) is 0.200.